The molecule has 5 heteroatoms. The van der Waals surface area contributed by atoms with Crippen molar-refractivity contribution in [2.45, 2.75) is 58.0 Å². The van der Waals surface area contributed by atoms with Crippen molar-refractivity contribution < 1.29 is 9.59 Å². The Bertz CT molecular complexity index is 336. The quantitative estimate of drug-likeness (QED) is 0.826. The summed E-state index contributed by atoms with van der Waals surface area (Å²) in [6.07, 6.45) is 5.06. The summed E-state index contributed by atoms with van der Waals surface area (Å²) in [6.45, 7) is 6.37. The molecule has 1 N–H and O–H groups in total. The van der Waals surface area contributed by atoms with Gasteiger partial charge in [-0.2, -0.15) is 0 Å². The van der Waals surface area contributed by atoms with Crippen molar-refractivity contribution in [1.29, 1.82) is 0 Å². The number of likely N-dealkylation sites (tertiary alicyclic amines) is 2. The zero-order valence-electron chi connectivity index (χ0n) is 12.0. The second-order valence-electron chi connectivity index (χ2n) is 5.89. The lowest BCUT2D eigenvalue weighted by atomic mass is 10.2. The molecule has 108 valence electrons. The summed E-state index contributed by atoms with van der Waals surface area (Å²) < 4.78 is 0. The number of carbonyl (C=O) groups excluding carboxylic acids is 2. The van der Waals surface area contributed by atoms with Gasteiger partial charge in [0.1, 0.15) is 0 Å². The molecular formula is C14H25N3O2. The molecule has 0 aromatic heterocycles. The van der Waals surface area contributed by atoms with Crippen molar-refractivity contribution in [3.05, 3.63) is 0 Å². The normalized spacial score (nSPS) is 24.8. The summed E-state index contributed by atoms with van der Waals surface area (Å²) in [5, 5.41) is 3.02. The summed E-state index contributed by atoms with van der Waals surface area (Å²) in [5.41, 5.74) is 0. The molecule has 0 aliphatic carbocycles. The number of amides is 3. The molecule has 2 heterocycles. The minimum absolute atomic E-state index is 0.00491. The molecule has 0 spiro atoms. The summed E-state index contributed by atoms with van der Waals surface area (Å²) in [6, 6.07) is 0.198. The van der Waals surface area contributed by atoms with E-state index in [4.69, 9.17) is 0 Å². The van der Waals surface area contributed by atoms with E-state index in [1.165, 1.54) is 12.8 Å². The van der Waals surface area contributed by atoms with Gasteiger partial charge in [-0.15, -0.1) is 0 Å². The number of nitrogens with one attached hydrogen (secondary N) is 1. The van der Waals surface area contributed by atoms with Crippen LogP contribution in [0.3, 0.4) is 0 Å². The first kappa shape index (κ1) is 14.2. The second kappa shape index (κ2) is 6.26. The van der Waals surface area contributed by atoms with E-state index in [-0.39, 0.29) is 24.0 Å². The highest BCUT2D eigenvalue weighted by atomic mass is 16.2. The molecule has 1 unspecified atom stereocenters. The third-order valence-electron chi connectivity index (χ3n) is 4.00. The zero-order chi connectivity index (χ0) is 13.8. The fourth-order valence-corrected chi connectivity index (χ4v) is 2.87. The highest BCUT2D eigenvalue weighted by Gasteiger charge is 2.32. The monoisotopic (exact) mass is 267 g/mol. The lowest BCUT2D eigenvalue weighted by molar-refractivity contribution is -0.129. The molecule has 2 aliphatic heterocycles. The molecule has 1 atom stereocenters. The molecule has 0 aromatic carbocycles. The zero-order valence-corrected chi connectivity index (χ0v) is 12.0. The summed E-state index contributed by atoms with van der Waals surface area (Å²) in [4.78, 5) is 27.7. The summed E-state index contributed by atoms with van der Waals surface area (Å²) in [5.74, 6) is 0.149. The van der Waals surface area contributed by atoms with Crippen LogP contribution in [0.1, 0.15) is 46.0 Å². The van der Waals surface area contributed by atoms with Gasteiger partial charge in [-0.05, 0) is 26.7 Å². The molecule has 0 aromatic rings. The van der Waals surface area contributed by atoms with Crippen molar-refractivity contribution in [1.82, 2.24) is 15.1 Å². The van der Waals surface area contributed by atoms with E-state index in [2.05, 4.69) is 5.32 Å². The second-order valence-corrected chi connectivity index (χ2v) is 5.89. The van der Waals surface area contributed by atoms with E-state index in [9.17, 15) is 9.59 Å². The van der Waals surface area contributed by atoms with Gasteiger partial charge in [-0.1, -0.05) is 12.8 Å². The topological polar surface area (TPSA) is 52.7 Å². The van der Waals surface area contributed by atoms with Gasteiger partial charge in [-0.3, -0.25) is 4.79 Å². The van der Waals surface area contributed by atoms with Crippen molar-refractivity contribution in [3.63, 3.8) is 0 Å². The predicted octanol–water partition coefficient (Wildman–Crippen LogP) is 1.58. The average Bonchev–Trinajstić information content (AvgIpc) is 2.58. The lowest BCUT2D eigenvalue weighted by Gasteiger charge is -2.24. The smallest absolute Gasteiger partial charge is 0.317 e. The minimum atomic E-state index is -0.0225. The SMILES string of the molecule is CC(C)N1CC(NC(=O)N2CCCCCC2)CC1=O. The van der Waals surface area contributed by atoms with Gasteiger partial charge in [0.15, 0.2) is 0 Å². The number of hydrogen-bond acceptors (Lipinski definition) is 2. The maximum Gasteiger partial charge on any atom is 0.317 e. The molecule has 0 radical (unpaired) electrons. The van der Waals surface area contributed by atoms with Crippen LogP contribution in [-0.4, -0.2) is 53.5 Å². The van der Waals surface area contributed by atoms with Gasteiger partial charge >= 0.3 is 6.03 Å². The lowest BCUT2D eigenvalue weighted by Crippen LogP contribution is -2.46. The fourth-order valence-electron chi connectivity index (χ4n) is 2.87. The van der Waals surface area contributed by atoms with Gasteiger partial charge in [0.2, 0.25) is 5.91 Å². The number of nitrogens with zero attached hydrogens (tertiary/aromatic N) is 2. The third-order valence-corrected chi connectivity index (χ3v) is 4.00. The summed E-state index contributed by atoms with van der Waals surface area (Å²) in [7, 11) is 0. The molecule has 2 fully saturated rings. The Hall–Kier alpha value is -1.26. The molecule has 0 bridgehead atoms. The Labute approximate surface area is 115 Å². The van der Waals surface area contributed by atoms with Gasteiger partial charge in [0.25, 0.3) is 0 Å². The Kier molecular flexibility index (Phi) is 4.66. The van der Waals surface area contributed by atoms with E-state index in [0.29, 0.717) is 13.0 Å². The first-order valence-corrected chi connectivity index (χ1v) is 7.43. The third kappa shape index (κ3) is 3.61. The molecule has 2 saturated heterocycles. The molecule has 19 heavy (non-hydrogen) atoms. The van der Waals surface area contributed by atoms with Crippen molar-refractivity contribution in [2.24, 2.45) is 0 Å². The molecular weight excluding hydrogens is 242 g/mol. The maximum atomic E-state index is 12.2. The van der Waals surface area contributed by atoms with Crippen molar-refractivity contribution in [3.8, 4) is 0 Å². The number of rotatable bonds is 2. The van der Waals surface area contributed by atoms with Crippen LogP contribution in [-0.2, 0) is 4.79 Å². The highest BCUT2D eigenvalue weighted by Crippen LogP contribution is 2.15. The van der Waals surface area contributed by atoms with Crippen LogP contribution in [0, 0.1) is 0 Å². The van der Waals surface area contributed by atoms with Crippen LogP contribution in [0.4, 0.5) is 4.79 Å². The first-order chi connectivity index (χ1) is 9.08. The fraction of sp³-hybridized carbons (Fsp3) is 0.857. The van der Waals surface area contributed by atoms with Crippen LogP contribution in [0.2, 0.25) is 0 Å². The van der Waals surface area contributed by atoms with Crippen molar-refractivity contribution in [2.75, 3.05) is 19.6 Å². The number of hydrogen-bond donors (Lipinski definition) is 1. The van der Waals surface area contributed by atoms with E-state index < -0.39 is 0 Å². The average molecular weight is 267 g/mol. The minimum Gasteiger partial charge on any atom is -0.338 e. The number of urea groups is 1. The van der Waals surface area contributed by atoms with E-state index in [1.807, 2.05) is 23.6 Å². The molecule has 3 amide bonds. The molecule has 5 nitrogen and oxygen atoms in total. The standard InChI is InChI=1S/C14H25N3O2/c1-11(2)17-10-12(9-13(17)18)15-14(19)16-7-5-3-4-6-8-16/h11-12H,3-10H2,1-2H3,(H,15,19). The Morgan fingerprint density at radius 2 is 1.84 bits per heavy atom. The van der Waals surface area contributed by atoms with Crippen LogP contribution in [0.15, 0.2) is 0 Å². The maximum absolute atomic E-state index is 12.2. The number of carbonyl (C=O) groups is 2. The highest BCUT2D eigenvalue weighted by molar-refractivity contribution is 5.81. The molecule has 2 aliphatic rings. The van der Waals surface area contributed by atoms with E-state index >= 15 is 0 Å². The van der Waals surface area contributed by atoms with Crippen molar-refractivity contribution >= 4 is 11.9 Å². The Balaban J connectivity index is 1.84. The largest absolute Gasteiger partial charge is 0.338 e. The molecule has 0 saturated carbocycles. The van der Waals surface area contributed by atoms with Crippen LogP contribution in [0.25, 0.3) is 0 Å². The van der Waals surface area contributed by atoms with E-state index in [0.717, 1.165) is 25.9 Å². The van der Waals surface area contributed by atoms with E-state index in [1.54, 1.807) is 0 Å². The van der Waals surface area contributed by atoms with Crippen LogP contribution in [0.5, 0.6) is 0 Å². The Morgan fingerprint density at radius 3 is 2.37 bits per heavy atom. The van der Waals surface area contributed by atoms with Gasteiger partial charge < -0.3 is 15.1 Å². The predicted molar refractivity (Wildman–Crippen MR) is 73.8 cm³/mol. The van der Waals surface area contributed by atoms with Gasteiger partial charge in [0.05, 0.1) is 6.04 Å². The van der Waals surface area contributed by atoms with Crippen LogP contribution >= 0.6 is 0 Å². The Morgan fingerprint density at radius 1 is 1.21 bits per heavy atom. The van der Waals surface area contributed by atoms with Gasteiger partial charge in [-0.25, -0.2) is 4.79 Å². The summed E-state index contributed by atoms with van der Waals surface area (Å²) >= 11 is 0. The van der Waals surface area contributed by atoms with Crippen LogP contribution < -0.4 is 5.32 Å². The molecule has 2 rings (SSSR count). The van der Waals surface area contributed by atoms with Gasteiger partial charge in [0, 0.05) is 32.1 Å². The first-order valence-electron chi connectivity index (χ1n) is 7.43.